The number of aliphatic hydroxyl groups is 1. The number of likely N-dealkylation sites (tertiary alicyclic amines) is 1. The van der Waals surface area contributed by atoms with Gasteiger partial charge in [-0.15, -0.1) is 0 Å². The molecule has 2 saturated heterocycles. The lowest BCUT2D eigenvalue weighted by atomic mass is 9.29. The summed E-state index contributed by atoms with van der Waals surface area (Å²) >= 11 is 13.3. The van der Waals surface area contributed by atoms with E-state index in [1.807, 2.05) is 6.07 Å². The number of nitrogens with one attached hydrogen (secondary N) is 1. The molecule has 38 heavy (non-hydrogen) atoms. The maximum absolute atomic E-state index is 10.1. The van der Waals surface area contributed by atoms with E-state index in [0.717, 1.165) is 47.4 Å². The van der Waals surface area contributed by atoms with E-state index in [1.165, 1.54) is 0 Å². The number of benzene rings is 1. The number of hydrogen-bond acceptors (Lipinski definition) is 7. The lowest BCUT2D eigenvalue weighted by molar-refractivity contribution is -0.196. The number of anilines is 2. The number of halogens is 2. The van der Waals surface area contributed by atoms with Crippen molar-refractivity contribution in [2.45, 2.75) is 61.0 Å². The Hall–Kier alpha value is -1.65. The Balaban J connectivity index is 1.34. The topological polar surface area (TPSA) is 88.3 Å². The van der Waals surface area contributed by atoms with Crippen LogP contribution in [0.2, 0.25) is 10.2 Å². The van der Waals surface area contributed by atoms with Crippen LogP contribution in [0.5, 0.6) is 0 Å². The van der Waals surface area contributed by atoms with Crippen molar-refractivity contribution < 1.29 is 9.84 Å². The fourth-order valence-electron chi connectivity index (χ4n) is 6.41. The lowest BCUT2D eigenvalue weighted by Crippen LogP contribution is -2.89. The molecule has 0 bridgehead atoms. The third-order valence-electron chi connectivity index (χ3n) is 8.68. The standard InChI is InChI=1S/C23H33B5Cl2N6O2/c1-20(2,37)11-36-18(30)17(10-32-36)34-19-31-9-13-7-15(29)14(8-16(13)33-19)12-3-5-35(6-4-12)21(24)22(25,26)38-23(21,27)28/h7-10,12,37H,3-6,11,24-28H2,1-2H3,(H,31,33,34). The first-order chi connectivity index (χ1) is 17.6. The summed E-state index contributed by atoms with van der Waals surface area (Å²) in [5.74, 6) is 0.785. The summed E-state index contributed by atoms with van der Waals surface area (Å²) in [6.45, 7) is 5.68. The van der Waals surface area contributed by atoms with Crippen molar-refractivity contribution in [1.82, 2.24) is 24.6 Å². The molecule has 2 aromatic heterocycles. The second-order valence-corrected chi connectivity index (χ2v) is 13.3. The SMILES string of the molecule is BC1(B)OC(B)(B)C1(B)N1CCC(c2cc3nc(Nc4cnn(CC(C)(C)O)c4Cl)ncc3cc2Cl)CC1. The van der Waals surface area contributed by atoms with E-state index < -0.39 is 5.60 Å². The monoisotopic (exact) mass is 550 g/mol. The molecule has 2 fully saturated rings. The maximum atomic E-state index is 10.1. The van der Waals surface area contributed by atoms with Crippen LogP contribution in [0.15, 0.2) is 24.5 Å². The molecule has 8 nitrogen and oxygen atoms in total. The summed E-state index contributed by atoms with van der Waals surface area (Å²) < 4.78 is 7.79. The van der Waals surface area contributed by atoms with Gasteiger partial charge in [-0.3, -0.25) is 0 Å². The molecule has 0 radical (unpaired) electrons. The second kappa shape index (κ2) is 9.48. The first-order valence-electron chi connectivity index (χ1n) is 13.2. The molecule has 2 aliphatic heterocycles. The van der Waals surface area contributed by atoms with Crippen LogP contribution in [0, 0.1) is 0 Å². The van der Waals surface area contributed by atoms with E-state index in [0.29, 0.717) is 22.7 Å². The van der Waals surface area contributed by atoms with Crippen LogP contribution < -0.4 is 5.32 Å². The van der Waals surface area contributed by atoms with E-state index in [9.17, 15) is 5.11 Å². The highest BCUT2D eigenvalue weighted by Gasteiger charge is 2.65. The van der Waals surface area contributed by atoms with Gasteiger partial charge in [0.2, 0.25) is 5.95 Å². The van der Waals surface area contributed by atoms with Crippen molar-refractivity contribution in [3.8, 4) is 0 Å². The Morgan fingerprint density at radius 1 is 1.11 bits per heavy atom. The summed E-state index contributed by atoms with van der Waals surface area (Å²) in [6, 6.07) is 4.07. The molecule has 1 aromatic carbocycles. The van der Waals surface area contributed by atoms with Crippen LogP contribution in [0.1, 0.15) is 38.2 Å². The number of aromatic nitrogens is 4. The first-order valence-corrected chi connectivity index (χ1v) is 14.0. The Bertz CT molecular complexity index is 1360. The number of rotatable bonds is 6. The molecule has 0 unspecified atom stereocenters. The lowest BCUT2D eigenvalue weighted by Gasteiger charge is -2.72. The molecule has 3 aromatic rings. The zero-order chi connectivity index (χ0) is 27.7. The van der Waals surface area contributed by atoms with Crippen LogP contribution in [-0.4, -0.2) is 104 Å². The van der Waals surface area contributed by atoms with Gasteiger partial charge >= 0.3 is 0 Å². The van der Waals surface area contributed by atoms with Crippen molar-refractivity contribution >= 4 is 85.0 Å². The van der Waals surface area contributed by atoms with Crippen LogP contribution >= 0.6 is 23.2 Å². The van der Waals surface area contributed by atoms with E-state index in [1.54, 1.807) is 30.9 Å². The highest BCUT2D eigenvalue weighted by molar-refractivity contribution is 6.54. The molecule has 4 heterocycles. The third kappa shape index (κ3) is 4.79. The summed E-state index contributed by atoms with van der Waals surface area (Å²) in [6.07, 6.45) is 5.43. The molecule has 2 aliphatic rings. The molecular formula is C23H33B5Cl2N6O2. The summed E-state index contributed by atoms with van der Waals surface area (Å²) in [4.78, 5) is 11.8. The van der Waals surface area contributed by atoms with E-state index in [-0.39, 0.29) is 22.8 Å². The van der Waals surface area contributed by atoms with Gasteiger partial charge in [0.05, 0.1) is 29.5 Å². The number of piperidine rings is 1. The smallest absolute Gasteiger partial charge is 0.227 e. The van der Waals surface area contributed by atoms with Crippen LogP contribution in [0.25, 0.3) is 10.9 Å². The number of hydrogen-bond donors (Lipinski definition) is 2. The zero-order valence-electron chi connectivity index (χ0n) is 23.3. The number of fused-ring (bicyclic) bond motifs is 1. The maximum Gasteiger partial charge on any atom is 0.227 e. The van der Waals surface area contributed by atoms with E-state index in [2.05, 4.69) is 65.6 Å². The number of nitrogens with zero attached hydrogens (tertiary/aromatic N) is 5. The van der Waals surface area contributed by atoms with Gasteiger partial charge in [-0.2, -0.15) is 5.10 Å². The van der Waals surface area contributed by atoms with Crippen molar-refractivity contribution in [3.05, 3.63) is 40.3 Å². The van der Waals surface area contributed by atoms with Crippen molar-refractivity contribution in [1.29, 1.82) is 0 Å². The summed E-state index contributed by atoms with van der Waals surface area (Å²) in [7, 11) is 11.1. The fraction of sp³-hybridized carbons (Fsp3) is 0.522. The predicted molar refractivity (Wildman–Crippen MR) is 167 cm³/mol. The molecule has 0 aliphatic carbocycles. The molecule has 0 spiro atoms. The Morgan fingerprint density at radius 3 is 2.37 bits per heavy atom. The largest absolute Gasteiger partial charge is 0.402 e. The van der Waals surface area contributed by atoms with Gasteiger partial charge < -0.3 is 20.1 Å². The minimum absolute atomic E-state index is 0.0199. The molecule has 0 saturated carbocycles. The van der Waals surface area contributed by atoms with E-state index >= 15 is 0 Å². The Morgan fingerprint density at radius 2 is 1.76 bits per heavy atom. The van der Waals surface area contributed by atoms with Gasteiger partial charge in [0.15, 0.2) is 5.15 Å². The average Bonchev–Trinajstić information content (AvgIpc) is 3.15. The average molecular weight is 551 g/mol. The Labute approximate surface area is 238 Å². The zero-order valence-corrected chi connectivity index (χ0v) is 24.8. The van der Waals surface area contributed by atoms with Gasteiger partial charge in [0.1, 0.15) is 39.2 Å². The van der Waals surface area contributed by atoms with E-state index in [4.69, 9.17) is 32.9 Å². The molecule has 5 rings (SSSR count). The molecular weight excluding hydrogens is 517 g/mol. The quantitative estimate of drug-likeness (QED) is 0.382. The van der Waals surface area contributed by atoms with Gasteiger partial charge in [-0.05, 0) is 63.4 Å². The molecule has 0 atom stereocenters. The fourth-order valence-corrected chi connectivity index (χ4v) is 6.93. The second-order valence-electron chi connectivity index (χ2n) is 12.5. The normalized spacial score (nSPS) is 21.3. The van der Waals surface area contributed by atoms with Gasteiger partial charge in [0, 0.05) is 32.8 Å². The summed E-state index contributed by atoms with van der Waals surface area (Å²) in [5.41, 5.74) is 1.58. The molecule has 15 heteroatoms. The first kappa shape index (κ1) is 27.9. The molecule has 2 N–H and O–H groups in total. The third-order valence-corrected chi connectivity index (χ3v) is 9.40. The van der Waals surface area contributed by atoms with Crippen molar-refractivity contribution in [2.75, 3.05) is 18.4 Å². The number of ether oxygens (including phenoxy) is 1. The van der Waals surface area contributed by atoms with Crippen LogP contribution in [0.4, 0.5) is 11.6 Å². The van der Waals surface area contributed by atoms with Gasteiger partial charge in [-0.25, -0.2) is 14.6 Å². The molecule has 0 amide bonds. The minimum atomic E-state index is -0.937. The highest BCUT2D eigenvalue weighted by atomic mass is 35.5. The van der Waals surface area contributed by atoms with Gasteiger partial charge in [0.25, 0.3) is 0 Å². The highest BCUT2D eigenvalue weighted by Crippen LogP contribution is 2.48. The van der Waals surface area contributed by atoms with Crippen molar-refractivity contribution in [3.63, 3.8) is 0 Å². The van der Waals surface area contributed by atoms with Crippen LogP contribution in [0.3, 0.4) is 0 Å². The van der Waals surface area contributed by atoms with Crippen LogP contribution in [-0.2, 0) is 11.3 Å². The van der Waals surface area contributed by atoms with Gasteiger partial charge in [-0.1, -0.05) is 23.2 Å². The van der Waals surface area contributed by atoms with Crippen molar-refractivity contribution in [2.24, 2.45) is 0 Å². The predicted octanol–water partition coefficient (Wildman–Crippen LogP) is -0.973. The Kier molecular flexibility index (Phi) is 6.96. The minimum Gasteiger partial charge on any atom is -0.402 e. The summed E-state index contributed by atoms with van der Waals surface area (Å²) in [5, 5.41) is 19.2. The molecule has 196 valence electrons.